The van der Waals surface area contributed by atoms with Gasteiger partial charge in [-0.05, 0) is 19.1 Å². The van der Waals surface area contributed by atoms with Gasteiger partial charge in [-0.1, -0.05) is 6.58 Å². The summed E-state index contributed by atoms with van der Waals surface area (Å²) < 4.78 is 0. The normalized spacial score (nSPS) is 9.70. The first-order chi connectivity index (χ1) is 9.58. The Hall–Kier alpha value is -2.37. The molecule has 0 aliphatic rings. The minimum Gasteiger partial charge on any atom is -0.392 e. The van der Waals surface area contributed by atoms with Crippen molar-refractivity contribution < 1.29 is 9.59 Å². The van der Waals surface area contributed by atoms with E-state index >= 15 is 0 Å². The summed E-state index contributed by atoms with van der Waals surface area (Å²) in [6.45, 7) is 6.64. The minimum atomic E-state index is -0.267. The van der Waals surface area contributed by atoms with E-state index in [2.05, 4.69) is 27.5 Å². The van der Waals surface area contributed by atoms with Crippen LogP contribution in [0, 0.1) is 0 Å². The van der Waals surface area contributed by atoms with Crippen molar-refractivity contribution in [3.8, 4) is 0 Å². The van der Waals surface area contributed by atoms with Crippen LogP contribution in [0.3, 0.4) is 0 Å². The van der Waals surface area contributed by atoms with Gasteiger partial charge in [0.05, 0.1) is 5.56 Å². The molecule has 0 spiro atoms. The molecule has 0 aliphatic heterocycles. The first-order valence-corrected chi connectivity index (χ1v) is 6.46. The van der Waals surface area contributed by atoms with E-state index in [1.807, 2.05) is 6.92 Å². The number of amides is 2. The second kappa shape index (κ2) is 7.93. The number of hydrogen-bond donors (Lipinski definition) is 3. The Labute approximate surface area is 118 Å². The summed E-state index contributed by atoms with van der Waals surface area (Å²) in [5, 5.41) is 8.31. The van der Waals surface area contributed by atoms with Gasteiger partial charge < -0.3 is 16.0 Å². The molecule has 0 bridgehead atoms. The number of nitrogens with zero attached hydrogens (tertiary/aromatic N) is 1. The van der Waals surface area contributed by atoms with Crippen molar-refractivity contribution in [2.75, 3.05) is 20.1 Å². The van der Waals surface area contributed by atoms with Crippen LogP contribution >= 0.6 is 0 Å². The van der Waals surface area contributed by atoms with E-state index in [1.54, 1.807) is 13.1 Å². The highest BCUT2D eigenvalue weighted by molar-refractivity contribution is 5.96. The maximum Gasteiger partial charge on any atom is 0.269 e. The molecule has 0 aromatic carbocycles. The van der Waals surface area contributed by atoms with Crippen LogP contribution in [0.2, 0.25) is 0 Å². The molecule has 0 radical (unpaired) electrons. The van der Waals surface area contributed by atoms with E-state index in [9.17, 15) is 9.59 Å². The van der Waals surface area contributed by atoms with Crippen LogP contribution in [-0.2, 0) is 0 Å². The first kappa shape index (κ1) is 15.7. The number of aromatic nitrogens is 1. The van der Waals surface area contributed by atoms with Gasteiger partial charge in [-0.15, -0.1) is 0 Å². The fourth-order valence-electron chi connectivity index (χ4n) is 1.47. The van der Waals surface area contributed by atoms with Crippen LogP contribution in [0.1, 0.15) is 34.2 Å². The highest BCUT2D eigenvalue weighted by Gasteiger charge is 2.09. The second-order valence-corrected chi connectivity index (χ2v) is 4.15. The number of carbonyl (C=O) groups is 2. The average molecular weight is 276 g/mol. The Morgan fingerprint density at radius 3 is 2.55 bits per heavy atom. The van der Waals surface area contributed by atoms with Crippen LogP contribution in [0.4, 0.5) is 0 Å². The third-order valence-electron chi connectivity index (χ3n) is 2.66. The Kier molecular flexibility index (Phi) is 6.22. The van der Waals surface area contributed by atoms with Crippen molar-refractivity contribution in [3.63, 3.8) is 0 Å². The van der Waals surface area contributed by atoms with E-state index in [1.165, 1.54) is 12.3 Å². The summed E-state index contributed by atoms with van der Waals surface area (Å²) in [7, 11) is 1.78. The molecule has 0 saturated carbocycles. The maximum atomic E-state index is 11.8. The van der Waals surface area contributed by atoms with Crippen molar-refractivity contribution in [3.05, 3.63) is 41.9 Å². The molecule has 1 heterocycles. The molecule has 6 nitrogen and oxygen atoms in total. The molecule has 2 amide bonds. The van der Waals surface area contributed by atoms with E-state index in [4.69, 9.17) is 0 Å². The highest BCUT2D eigenvalue weighted by Crippen LogP contribution is 2.01. The summed E-state index contributed by atoms with van der Waals surface area (Å²) >= 11 is 0. The molecule has 0 aliphatic carbocycles. The van der Waals surface area contributed by atoms with Gasteiger partial charge in [0, 0.05) is 38.5 Å². The van der Waals surface area contributed by atoms with Crippen molar-refractivity contribution in [2.24, 2.45) is 0 Å². The molecular formula is C14H20N4O2. The Balaban J connectivity index is 2.53. The van der Waals surface area contributed by atoms with Gasteiger partial charge in [0.15, 0.2) is 0 Å². The number of hydrogen-bond acceptors (Lipinski definition) is 4. The third kappa shape index (κ3) is 4.72. The number of nitrogens with one attached hydrogen (secondary N) is 3. The van der Waals surface area contributed by atoms with Crippen molar-refractivity contribution >= 4 is 11.8 Å². The standard InChI is InChI=1S/C14H20N4O2/c1-4-16-13(19)11-5-6-12(18-9-11)14(20)17-8-7-10(2)15-3/h5-6,9,15H,2,4,7-8H2,1,3H3,(H,16,19)(H,17,20). The molecule has 1 aromatic rings. The topological polar surface area (TPSA) is 83.1 Å². The summed E-state index contributed by atoms with van der Waals surface area (Å²) in [6, 6.07) is 3.12. The Bertz CT molecular complexity index is 482. The highest BCUT2D eigenvalue weighted by atomic mass is 16.2. The van der Waals surface area contributed by atoms with Gasteiger partial charge in [0.2, 0.25) is 0 Å². The quantitative estimate of drug-likeness (QED) is 0.684. The van der Waals surface area contributed by atoms with Crippen molar-refractivity contribution in [1.29, 1.82) is 0 Å². The minimum absolute atomic E-state index is 0.197. The fraction of sp³-hybridized carbons (Fsp3) is 0.357. The molecule has 0 atom stereocenters. The predicted molar refractivity (Wildman–Crippen MR) is 77.4 cm³/mol. The van der Waals surface area contributed by atoms with E-state index in [0.717, 1.165) is 5.70 Å². The number of carbonyl (C=O) groups excluding carboxylic acids is 2. The summed E-state index contributed by atoms with van der Waals surface area (Å²) in [4.78, 5) is 27.3. The maximum absolute atomic E-state index is 11.8. The smallest absolute Gasteiger partial charge is 0.269 e. The molecule has 108 valence electrons. The lowest BCUT2D eigenvalue weighted by molar-refractivity contribution is 0.0938. The van der Waals surface area contributed by atoms with Gasteiger partial charge >= 0.3 is 0 Å². The number of pyridine rings is 1. The lowest BCUT2D eigenvalue weighted by Crippen LogP contribution is -2.27. The molecule has 0 unspecified atom stereocenters. The van der Waals surface area contributed by atoms with Gasteiger partial charge in [0.1, 0.15) is 5.69 Å². The Morgan fingerprint density at radius 1 is 1.25 bits per heavy atom. The van der Waals surface area contributed by atoms with Gasteiger partial charge in [0.25, 0.3) is 11.8 Å². The molecule has 20 heavy (non-hydrogen) atoms. The van der Waals surface area contributed by atoms with Crippen molar-refractivity contribution in [2.45, 2.75) is 13.3 Å². The van der Waals surface area contributed by atoms with Crippen LogP contribution in [0.15, 0.2) is 30.6 Å². The van der Waals surface area contributed by atoms with Gasteiger partial charge in [-0.3, -0.25) is 14.6 Å². The van der Waals surface area contributed by atoms with Crippen LogP contribution in [0.25, 0.3) is 0 Å². The predicted octanol–water partition coefficient (Wildman–Crippen LogP) is 0.684. The van der Waals surface area contributed by atoms with E-state index in [-0.39, 0.29) is 17.5 Å². The van der Waals surface area contributed by atoms with Gasteiger partial charge in [-0.2, -0.15) is 0 Å². The zero-order valence-electron chi connectivity index (χ0n) is 11.8. The molecular weight excluding hydrogens is 256 g/mol. The van der Waals surface area contributed by atoms with Gasteiger partial charge in [-0.25, -0.2) is 0 Å². The lowest BCUT2D eigenvalue weighted by atomic mass is 10.2. The van der Waals surface area contributed by atoms with E-state index in [0.29, 0.717) is 25.1 Å². The SMILES string of the molecule is C=C(CCNC(=O)c1ccc(C(=O)NCC)cn1)NC. The van der Waals surface area contributed by atoms with Crippen LogP contribution in [-0.4, -0.2) is 36.9 Å². The molecule has 0 fully saturated rings. The fourth-order valence-corrected chi connectivity index (χ4v) is 1.47. The molecule has 1 rings (SSSR count). The summed E-state index contributed by atoms with van der Waals surface area (Å²) in [5.74, 6) is -0.464. The average Bonchev–Trinajstić information content (AvgIpc) is 2.47. The third-order valence-corrected chi connectivity index (χ3v) is 2.66. The first-order valence-electron chi connectivity index (χ1n) is 6.46. The molecule has 3 N–H and O–H groups in total. The summed E-state index contributed by atoms with van der Waals surface area (Å²) in [6.07, 6.45) is 2.05. The second-order valence-electron chi connectivity index (χ2n) is 4.15. The Morgan fingerprint density at radius 2 is 2.00 bits per heavy atom. The lowest BCUT2D eigenvalue weighted by Gasteiger charge is -2.07. The molecule has 1 aromatic heterocycles. The largest absolute Gasteiger partial charge is 0.392 e. The zero-order chi connectivity index (χ0) is 15.0. The monoisotopic (exact) mass is 276 g/mol. The van der Waals surface area contributed by atoms with Crippen LogP contribution in [0.5, 0.6) is 0 Å². The number of rotatable bonds is 7. The zero-order valence-corrected chi connectivity index (χ0v) is 11.8. The van der Waals surface area contributed by atoms with E-state index < -0.39 is 0 Å². The van der Waals surface area contributed by atoms with Crippen molar-refractivity contribution in [1.82, 2.24) is 20.9 Å². The molecule has 6 heteroatoms. The summed E-state index contributed by atoms with van der Waals surface area (Å²) in [5.41, 5.74) is 1.57. The van der Waals surface area contributed by atoms with Crippen LogP contribution < -0.4 is 16.0 Å². The molecule has 0 saturated heterocycles.